The van der Waals surface area contributed by atoms with Crippen molar-refractivity contribution in [3.63, 3.8) is 0 Å². The number of para-hydroxylation sites is 1. The minimum Gasteiger partial charge on any atom is -0.320 e. The van der Waals surface area contributed by atoms with Crippen molar-refractivity contribution in [1.82, 2.24) is 0 Å². The molecule has 0 saturated carbocycles. The Morgan fingerprint density at radius 1 is 0.926 bits per heavy atom. The number of anilines is 1. The molecular formula is C20H23ClFN3O2+2. The van der Waals surface area contributed by atoms with E-state index in [9.17, 15) is 14.0 Å². The van der Waals surface area contributed by atoms with Gasteiger partial charge in [-0.15, -0.1) is 0 Å². The fraction of sp³-hybridized carbons (Fsp3) is 0.300. The zero-order valence-electron chi connectivity index (χ0n) is 14.9. The first-order chi connectivity index (χ1) is 13.0. The van der Waals surface area contributed by atoms with Crippen molar-refractivity contribution in [2.24, 2.45) is 0 Å². The van der Waals surface area contributed by atoms with Crippen molar-refractivity contribution in [2.75, 3.05) is 44.6 Å². The summed E-state index contributed by atoms with van der Waals surface area (Å²) in [6.07, 6.45) is 0. The van der Waals surface area contributed by atoms with Crippen molar-refractivity contribution in [1.29, 1.82) is 0 Å². The molecule has 27 heavy (non-hydrogen) atoms. The van der Waals surface area contributed by atoms with Gasteiger partial charge in [0.1, 0.15) is 38.5 Å². The van der Waals surface area contributed by atoms with Gasteiger partial charge in [0.2, 0.25) is 5.78 Å². The zero-order valence-corrected chi connectivity index (χ0v) is 15.7. The highest BCUT2D eigenvalue weighted by molar-refractivity contribution is 6.33. The molecule has 7 heteroatoms. The Morgan fingerprint density at radius 2 is 1.52 bits per heavy atom. The monoisotopic (exact) mass is 391 g/mol. The van der Waals surface area contributed by atoms with Crippen LogP contribution >= 0.6 is 11.6 Å². The predicted molar refractivity (Wildman–Crippen MR) is 102 cm³/mol. The van der Waals surface area contributed by atoms with Crippen LogP contribution in [0.1, 0.15) is 10.4 Å². The Balaban J connectivity index is 1.43. The molecule has 1 saturated heterocycles. The smallest absolute Gasteiger partial charge is 0.279 e. The number of nitrogens with one attached hydrogen (secondary N) is 3. The summed E-state index contributed by atoms with van der Waals surface area (Å²) in [6, 6.07) is 12.8. The van der Waals surface area contributed by atoms with E-state index >= 15 is 0 Å². The lowest BCUT2D eigenvalue weighted by Crippen LogP contribution is -3.28. The van der Waals surface area contributed by atoms with Crippen molar-refractivity contribution in [3.8, 4) is 0 Å². The lowest BCUT2D eigenvalue weighted by molar-refractivity contribution is -1.00. The first-order valence-electron chi connectivity index (χ1n) is 9.01. The van der Waals surface area contributed by atoms with Gasteiger partial charge in [-0.25, -0.2) is 4.39 Å². The number of piperazine rings is 1. The van der Waals surface area contributed by atoms with E-state index in [0.29, 0.717) is 29.4 Å². The fourth-order valence-corrected chi connectivity index (χ4v) is 3.44. The second-order valence-corrected chi connectivity index (χ2v) is 7.22. The van der Waals surface area contributed by atoms with Gasteiger partial charge >= 0.3 is 0 Å². The molecule has 0 unspecified atom stereocenters. The number of carbonyl (C=O) groups is 2. The van der Waals surface area contributed by atoms with E-state index in [1.165, 1.54) is 34.1 Å². The second kappa shape index (κ2) is 9.08. The van der Waals surface area contributed by atoms with E-state index in [1.54, 1.807) is 12.1 Å². The standard InChI is InChI=1S/C20H21ClFN3O2/c21-17-3-1-2-4-18(17)23-20(27)14-25-11-9-24(10-12-25)13-19(26)15-5-7-16(22)8-6-15/h1-8H,9-14H2,(H,23,27)/p+2. The van der Waals surface area contributed by atoms with Crippen LogP contribution in [0.25, 0.3) is 0 Å². The number of Topliss-reactive ketones (excluding diaryl/α,β-unsaturated/α-hetero) is 1. The Kier molecular flexibility index (Phi) is 6.55. The van der Waals surface area contributed by atoms with Crippen LogP contribution in [0.3, 0.4) is 0 Å². The van der Waals surface area contributed by atoms with Crippen LogP contribution in [-0.4, -0.2) is 51.0 Å². The number of benzene rings is 2. The lowest BCUT2D eigenvalue weighted by Gasteiger charge is -2.29. The van der Waals surface area contributed by atoms with Gasteiger partial charge in [-0.2, -0.15) is 0 Å². The maximum atomic E-state index is 13.0. The van der Waals surface area contributed by atoms with Gasteiger partial charge in [0.25, 0.3) is 5.91 Å². The van der Waals surface area contributed by atoms with Crippen LogP contribution in [0.5, 0.6) is 0 Å². The molecule has 0 bridgehead atoms. The van der Waals surface area contributed by atoms with Gasteiger partial charge in [-0.3, -0.25) is 9.59 Å². The van der Waals surface area contributed by atoms with Gasteiger partial charge in [-0.05, 0) is 36.4 Å². The molecule has 0 spiro atoms. The fourth-order valence-electron chi connectivity index (χ4n) is 3.26. The summed E-state index contributed by atoms with van der Waals surface area (Å²) >= 11 is 6.06. The van der Waals surface area contributed by atoms with Crippen LogP contribution in [0.4, 0.5) is 10.1 Å². The van der Waals surface area contributed by atoms with Gasteiger partial charge in [0.15, 0.2) is 6.54 Å². The molecule has 1 aliphatic rings. The SMILES string of the molecule is O=C(C[NH+]1CC[NH+](CC(=O)c2ccc(F)cc2)CC1)Nc1ccccc1Cl. The minimum atomic E-state index is -0.342. The molecule has 5 nitrogen and oxygen atoms in total. The molecule has 3 N–H and O–H groups in total. The number of quaternary nitrogens is 2. The normalized spacial score (nSPS) is 19.5. The quantitative estimate of drug-likeness (QED) is 0.611. The van der Waals surface area contributed by atoms with Crippen LogP contribution in [0, 0.1) is 5.82 Å². The molecule has 0 atom stereocenters. The summed E-state index contributed by atoms with van der Waals surface area (Å²) < 4.78 is 13.0. The van der Waals surface area contributed by atoms with Gasteiger partial charge in [-0.1, -0.05) is 23.7 Å². The van der Waals surface area contributed by atoms with Crippen LogP contribution in [0.15, 0.2) is 48.5 Å². The molecule has 0 aliphatic carbocycles. The van der Waals surface area contributed by atoms with E-state index in [2.05, 4.69) is 5.32 Å². The summed E-state index contributed by atoms with van der Waals surface area (Å²) in [6.45, 7) is 4.06. The minimum absolute atomic E-state index is 0.0184. The lowest BCUT2D eigenvalue weighted by atomic mass is 10.1. The maximum Gasteiger partial charge on any atom is 0.279 e. The van der Waals surface area contributed by atoms with Gasteiger partial charge < -0.3 is 15.1 Å². The Labute approximate surface area is 162 Å². The third-order valence-corrected chi connectivity index (χ3v) is 5.13. The Bertz CT molecular complexity index is 805. The Hall–Kier alpha value is -2.28. The maximum absolute atomic E-state index is 13.0. The molecule has 1 amide bonds. The average molecular weight is 392 g/mol. The van der Waals surface area contributed by atoms with Crippen molar-refractivity contribution in [2.45, 2.75) is 0 Å². The van der Waals surface area contributed by atoms with Crippen molar-refractivity contribution < 1.29 is 23.8 Å². The zero-order chi connectivity index (χ0) is 19.2. The van der Waals surface area contributed by atoms with Crippen LogP contribution in [-0.2, 0) is 4.79 Å². The number of hydrogen-bond donors (Lipinski definition) is 3. The molecule has 142 valence electrons. The molecule has 2 aromatic carbocycles. The second-order valence-electron chi connectivity index (χ2n) is 6.81. The summed E-state index contributed by atoms with van der Waals surface area (Å²) in [5.41, 5.74) is 1.16. The topological polar surface area (TPSA) is 55.1 Å². The number of amides is 1. The van der Waals surface area contributed by atoms with E-state index in [4.69, 9.17) is 11.6 Å². The average Bonchev–Trinajstić information content (AvgIpc) is 2.66. The number of hydrogen-bond acceptors (Lipinski definition) is 2. The van der Waals surface area contributed by atoms with Crippen LogP contribution in [0.2, 0.25) is 5.02 Å². The molecule has 1 heterocycles. The van der Waals surface area contributed by atoms with E-state index in [0.717, 1.165) is 26.2 Å². The molecule has 0 aromatic heterocycles. The molecule has 0 radical (unpaired) electrons. The van der Waals surface area contributed by atoms with E-state index < -0.39 is 0 Å². The molecule has 1 fully saturated rings. The Morgan fingerprint density at radius 3 is 2.15 bits per heavy atom. The number of rotatable bonds is 6. The van der Waals surface area contributed by atoms with E-state index in [-0.39, 0.29) is 17.5 Å². The number of carbonyl (C=O) groups excluding carboxylic acids is 2. The van der Waals surface area contributed by atoms with Crippen LogP contribution < -0.4 is 15.1 Å². The largest absolute Gasteiger partial charge is 0.320 e. The molecule has 1 aliphatic heterocycles. The highest BCUT2D eigenvalue weighted by Crippen LogP contribution is 2.19. The third-order valence-electron chi connectivity index (χ3n) is 4.80. The number of ketones is 1. The predicted octanol–water partition coefficient (Wildman–Crippen LogP) is 0.0839. The summed E-state index contributed by atoms with van der Waals surface area (Å²) in [7, 11) is 0. The van der Waals surface area contributed by atoms with Crippen molar-refractivity contribution >= 4 is 29.0 Å². The molecule has 3 rings (SSSR count). The highest BCUT2D eigenvalue weighted by atomic mass is 35.5. The van der Waals surface area contributed by atoms with E-state index in [1.807, 2.05) is 12.1 Å². The van der Waals surface area contributed by atoms with Gasteiger partial charge in [0.05, 0.1) is 10.7 Å². The first-order valence-corrected chi connectivity index (χ1v) is 9.39. The molecular weight excluding hydrogens is 369 g/mol. The van der Waals surface area contributed by atoms with Crippen molar-refractivity contribution in [3.05, 3.63) is 64.9 Å². The summed E-state index contributed by atoms with van der Waals surface area (Å²) in [5.74, 6) is -0.389. The number of halogens is 2. The van der Waals surface area contributed by atoms with Gasteiger partial charge in [0, 0.05) is 5.56 Å². The first kappa shape index (κ1) is 19.5. The summed E-state index contributed by atoms with van der Waals surface area (Å²) in [5, 5.41) is 3.37. The highest BCUT2D eigenvalue weighted by Gasteiger charge is 2.26. The molecule has 2 aromatic rings. The third kappa shape index (κ3) is 5.60. The summed E-state index contributed by atoms with van der Waals surface area (Å²) in [4.78, 5) is 26.9.